The molecule has 0 aliphatic carbocycles. The fourth-order valence-electron chi connectivity index (χ4n) is 2.25. The third-order valence-electron chi connectivity index (χ3n) is 3.69. The first-order chi connectivity index (χ1) is 11.6. The van der Waals surface area contributed by atoms with E-state index in [1.54, 1.807) is 24.5 Å². The van der Waals surface area contributed by atoms with Crippen LogP contribution in [-0.2, 0) is 13.1 Å². The Morgan fingerprint density at radius 1 is 0.792 bits per heavy atom. The molecule has 2 rings (SSSR count). The van der Waals surface area contributed by atoms with E-state index in [0.29, 0.717) is 11.1 Å². The molecular weight excluding hydrogens is 304 g/mol. The molecule has 24 heavy (non-hydrogen) atoms. The van der Waals surface area contributed by atoms with Crippen LogP contribution in [0.1, 0.15) is 32.1 Å². The van der Waals surface area contributed by atoms with Gasteiger partial charge in [-0.25, -0.2) is 0 Å². The van der Waals surface area contributed by atoms with Crippen LogP contribution in [0.5, 0.6) is 0 Å². The number of carbonyl (C=O) groups is 2. The van der Waals surface area contributed by atoms with Gasteiger partial charge in [-0.05, 0) is 38.4 Å². The summed E-state index contributed by atoms with van der Waals surface area (Å²) in [6.07, 6.45) is 4.78. The van der Waals surface area contributed by atoms with Gasteiger partial charge < -0.3 is 0 Å². The van der Waals surface area contributed by atoms with Gasteiger partial charge in [0.25, 0.3) is 0 Å². The summed E-state index contributed by atoms with van der Waals surface area (Å²) in [7, 11) is 4.08. The fraction of sp³-hybridized carbons (Fsp3) is 0.333. The summed E-state index contributed by atoms with van der Waals surface area (Å²) >= 11 is 0. The zero-order valence-corrected chi connectivity index (χ0v) is 14.1. The summed E-state index contributed by atoms with van der Waals surface area (Å²) < 4.78 is 0. The van der Waals surface area contributed by atoms with Crippen LogP contribution in [0.2, 0.25) is 0 Å². The van der Waals surface area contributed by atoms with Gasteiger partial charge in [-0.1, -0.05) is 0 Å². The van der Waals surface area contributed by atoms with Crippen molar-refractivity contribution in [1.29, 1.82) is 0 Å². The summed E-state index contributed by atoms with van der Waals surface area (Å²) in [6.45, 7) is 3.25. The molecule has 0 spiro atoms. The van der Waals surface area contributed by atoms with Crippen LogP contribution in [0.4, 0.5) is 0 Å². The summed E-state index contributed by atoms with van der Waals surface area (Å²) in [5.41, 5.74) is 3.07. The molecule has 0 aromatic carbocycles. The van der Waals surface area contributed by atoms with Gasteiger partial charge in [-0.15, -0.1) is 0 Å². The molecule has 0 saturated heterocycles. The average Bonchev–Trinajstić information content (AvgIpc) is 2.61. The molecule has 0 fully saturated rings. The molecule has 126 valence electrons. The molecule has 2 aromatic heterocycles. The molecular formula is C18H22N4O2. The number of aldehydes is 2. The van der Waals surface area contributed by atoms with E-state index >= 15 is 0 Å². The van der Waals surface area contributed by atoms with Crippen molar-refractivity contribution in [3.63, 3.8) is 0 Å². The lowest BCUT2D eigenvalue weighted by Gasteiger charge is -2.21. The van der Waals surface area contributed by atoms with Gasteiger partial charge in [0.15, 0.2) is 12.6 Å². The van der Waals surface area contributed by atoms with Gasteiger partial charge >= 0.3 is 0 Å². The summed E-state index contributed by atoms with van der Waals surface area (Å²) in [6, 6.07) is 7.32. The zero-order chi connectivity index (χ0) is 17.4. The first kappa shape index (κ1) is 17.9. The van der Waals surface area contributed by atoms with Crippen molar-refractivity contribution in [3.05, 3.63) is 59.2 Å². The van der Waals surface area contributed by atoms with E-state index in [9.17, 15) is 9.59 Å². The average molecular weight is 326 g/mol. The van der Waals surface area contributed by atoms with E-state index < -0.39 is 0 Å². The number of carbonyl (C=O) groups excluding carboxylic acids is 2. The van der Waals surface area contributed by atoms with Crippen LogP contribution in [0, 0.1) is 0 Å². The predicted octanol–water partition coefficient (Wildman–Crippen LogP) is 1.67. The highest BCUT2D eigenvalue weighted by atomic mass is 16.1. The number of rotatable bonds is 9. The van der Waals surface area contributed by atoms with Crippen molar-refractivity contribution >= 4 is 12.6 Å². The highest BCUT2D eigenvalue weighted by Gasteiger charge is 2.06. The summed E-state index contributed by atoms with van der Waals surface area (Å²) in [5, 5.41) is 0. The van der Waals surface area contributed by atoms with Crippen LogP contribution in [0.15, 0.2) is 36.7 Å². The maximum atomic E-state index is 10.6. The standard InChI is InChI=1S/C18H22N4O2/c1-21(11-17-5-3-15(13-23)9-19-17)7-8-22(2)12-18-6-4-16(14-24)10-20-18/h3-6,9-10,13-14H,7-8,11-12H2,1-2H3. The highest BCUT2D eigenvalue weighted by Crippen LogP contribution is 2.04. The SMILES string of the molecule is CN(CCN(C)Cc1ccc(C=O)cn1)Cc1ccc(C=O)cn1. The Balaban J connectivity index is 1.76. The van der Waals surface area contributed by atoms with Gasteiger partial charge in [0.1, 0.15) is 0 Å². The van der Waals surface area contributed by atoms with Crippen LogP contribution >= 0.6 is 0 Å². The van der Waals surface area contributed by atoms with Crippen molar-refractivity contribution in [2.24, 2.45) is 0 Å². The normalized spacial score (nSPS) is 11.0. The van der Waals surface area contributed by atoms with E-state index in [4.69, 9.17) is 0 Å². The fourth-order valence-corrected chi connectivity index (χ4v) is 2.25. The van der Waals surface area contributed by atoms with Crippen LogP contribution < -0.4 is 0 Å². The van der Waals surface area contributed by atoms with E-state index in [-0.39, 0.29) is 0 Å². The van der Waals surface area contributed by atoms with Crippen molar-refractivity contribution in [2.45, 2.75) is 13.1 Å². The van der Waals surface area contributed by atoms with E-state index in [2.05, 4.69) is 19.8 Å². The lowest BCUT2D eigenvalue weighted by atomic mass is 10.2. The van der Waals surface area contributed by atoms with Gasteiger partial charge in [0, 0.05) is 49.7 Å². The molecule has 0 aliphatic rings. The van der Waals surface area contributed by atoms with Crippen LogP contribution in [-0.4, -0.2) is 59.5 Å². The molecule has 0 aliphatic heterocycles. The molecule has 0 atom stereocenters. The minimum atomic E-state index is 0.592. The summed E-state index contributed by atoms with van der Waals surface area (Å²) in [5.74, 6) is 0. The zero-order valence-electron chi connectivity index (χ0n) is 14.1. The quantitative estimate of drug-likeness (QED) is 0.653. The molecule has 6 heteroatoms. The number of nitrogens with zero attached hydrogens (tertiary/aromatic N) is 4. The van der Waals surface area contributed by atoms with Gasteiger partial charge in [0.2, 0.25) is 0 Å². The third kappa shape index (κ3) is 5.64. The second kappa shape index (κ2) is 9.00. The maximum absolute atomic E-state index is 10.6. The Hall–Kier alpha value is -2.44. The Morgan fingerprint density at radius 3 is 1.50 bits per heavy atom. The van der Waals surface area contributed by atoms with Crippen LogP contribution in [0.3, 0.4) is 0 Å². The van der Waals surface area contributed by atoms with Crippen LogP contribution in [0.25, 0.3) is 0 Å². The van der Waals surface area contributed by atoms with Crippen molar-refractivity contribution in [3.8, 4) is 0 Å². The Morgan fingerprint density at radius 2 is 1.21 bits per heavy atom. The largest absolute Gasteiger partial charge is 0.299 e. The molecule has 0 amide bonds. The Kier molecular flexibility index (Phi) is 6.72. The monoisotopic (exact) mass is 326 g/mol. The first-order valence-electron chi connectivity index (χ1n) is 7.78. The minimum Gasteiger partial charge on any atom is -0.299 e. The third-order valence-corrected chi connectivity index (χ3v) is 3.69. The predicted molar refractivity (Wildman–Crippen MR) is 91.9 cm³/mol. The molecule has 0 unspecified atom stereocenters. The lowest BCUT2D eigenvalue weighted by molar-refractivity contribution is 0.111. The van der Waals surface area contributed by atoms with Crippen molar-refractivity contribution in [2.75, 3.05) is 27.2 Å². The molecule has 0 saturated carbocycles. The number of pyridine rings is 2. The Bertz CT molecular complexity index is 596. The topological polar surface area (TPSA) is 66.4 Å². The minimum absolute atomic E-state index is 0.592. The van der Waals surface area contributed by atoms with E-state index in [1.807, 2.05) is 26.2 Å². The summed E-state index contributed by atoms with van der Waals surface area (Å²) in [4.78, 5) is 34.2. The second-order valence-electron chi connectivity index (χ2n) is 5.88. The molecule has 0 bridgehead atoms. The molecule has 0 radical (unpaired) electrons. The first-order valence-corrected chi connectivity index (χ1v) is 7.78. The second-order valence-corrected chi connectivity index (χ2v) is 5.88. The van der Waals surface area contributed by atoms with Crippen molar-refractivity contribution in [1.82, 2.24) is 19.8 Å². The van der Waals surface area contributed by atoms with E-state index in [1.165, 1.54) is 0 Å². The number of hydrogen-bond donors (Lipinski definition) is 0. The van der Waals surface area contributed by atoms with Crippen molar-refractivity contribution < 1.29 is 9.59 Å². The van der Waals surface area contributed by atoms with Gasteiger partial charge in [-0.3, -0.25) is 29.4 Å². The lowest BCUT2D eigenvalue weighted by Crippen LogP contribution is -2.30. The van der Waals surface area contributed by atoms with Gasteiger partial charge in [0.05, 0.1) is 11.4 Å². The number of aromatic nitrogens is 2. The molecule has 0 N–H and O–H groups in total. The molecule has 2 aromatic rings. The Labute approximate surface area is 142 Å². The van der Waals surface area contributed by atoms with Gasteiger partial charge in [-0.2, -0.15) is 0 Å². The highest BCUT2D eigenvalue weighted by molar-refractivity contribution is 5.74. The number of hydrogen-bond acceptors (Lipinski definition) is 6. The number of likely N-dealkylation sites (N-methyl/N-ethyl adjacent to an activating group) is 2. The maximum Gasteiger partial charge on any atom is 0.151 e. The van der Waals surface area contributed by atoms with E-state index in [0.717, 1.165) is 50.1 Å². The molecule has 2 heterocycles. The smallest absolute Gasteiger partial charge is 0.151 e. The molecule has 6 nitrogen and oxygen atoms in total.